The van der Waals surface area contributed by atoms with Gasteiger partial charge in [-0.1, -0.05) is 12.8 Å². The van der Waals surface area contributed by atoms with E-state index in [0.29, 0.717) is 26.0 Å². The molecule has 0 radical (unpaired) electrons. The molecule has 0 bridgehead atoms. The Morgan fingerprint density at radius 1 is 1.35 bits per heavy atom. The Morgan fingerprint density at radius 2 is 2.00 bits per heavy atom. The van der Waals surface area contributed by atoms with E-state index in [1.165, 1.54) is 4.90 Å². The Morgan fingerprint density at radius 3 is 2.59 bits per heavy atom. The lowest BCUT2D eigenvalue weighted by Crippen LogP contribution is -2.61. The molecule has 0 spiro atoms. The Balaban J connectivity index is 2.13. The molecule has 96 valence electrons. The van der Waals surface area contributed by atoms with E-state index in [4.69, 9.17) is 15.6 Å². The third kappa shape index (κ3) is 2.28. The minimum absolute atomic E-state index is 0.0527. The molecule has 1 atom stereocenters. The maximum Gasteiger partial charge on any atom is 0.328 e. The number of hydrogen-bond donors (Lipinski definition) is 2. The van der Waals surface area contributed by atoms with Gasteiger partial charge in [0.15, 0.2) is 6.04 Å². The highest BCUT2D eigenvalue weighted by molar-refractivity contribution is 5.90. The molecule has 3 N–H and O–H groups in total. The number of aliphatic carboxylic acids is 1. The lowest BCUT2D eigenvalue weighted by Gasteiger charge is -2.37. The van der Waals surface area contributed by atoms with Crippen molar-refractivity contribution in [3.8, 4) is 0 Å². The van der Waals surface area contributed by atoms with Gasteiger partial charge < -0.3 is 20.5 Å². The summed E-state index contributed by atoms with van der Waals surface area (Å²) in [5, 5.41) is 9.07. The van der Waals surface area contributed by atoms with E-state index in [1.54, 1.807) is 0 Å². The minimum Gasteiger partial charge on any atom is -0.480 e. The lowest BCUT2D eigenvalue weighted by atomic mass is 9.96. The summed E-state index contributed by atoms with van der Waals surface area (Å²) in [6, 6.07) is -0.891. The van der Waals surface area contributed by atoms with Gasteiger partial charge in [-0.15, -0.1) is 0 Å². The van der Waals surface area contributed by atoms with Crippen molar-refractivity contribution in [1.82, 2.24) is 4.90 Å². The number of hydrogen-bond acceptors (Lipinski definition) is 4. The first kappa shape index (κ1) is 12.3. The number of nitrogens with two attached hydrogens (primary N) is 1. The summed E-state index contributed by atoms with van der Waals surface area (Å²) in [5.41, 5.74) is 5.21. The molecule has 2 fully saturated rings. The Hall–Kier alpha value is -1.14. The van der Waals surface area contributed by atoms with Crippen LogP contribution in [0, 0.1) is 0 Å². The molecule has 6 heteroatoms. The summed E-state index contributed by atoms with van der Waals surface area (Å²) in [5.74, 6) is -1.26. The number of carboxylic acids is 1. The van der Waals surface area contributed by atoms with Crippen LogP contribution in [-0.2, 0) is 14.3 Å². The Kier molecular flexibility index (Phi) is 3.35. The van der Waals surface area contributed by atoms with Crippen LogP contribution in [0.15, 0.2) is 0 Å². The molecular formula is C11H18N2O4. The zero-order valence-corrected chi connectivity index (χ0v) is 9.72. The first-order valence-corrected chi connectivity index (χ1v) is 5.95. The molecule has 2 rings (SSSR count). The molecule has 1 heterocycles. The summed E-state index contributed by atoms with van der Waals surface area (Å²) in [4.78, 5) is 24.8. The first-order valence-electron chi connectivity index (χ1n) is 5.95. The van der Waals surface area contributed by atoms with Gasteiger partial charge in [-0.2, -0.15) is 0 Å². The molecule has 6 nitrogen and oxygen atoms in total. The molecule has 1 aliphatic carbocycles. The van der Waals surface area contributed by atoms with Crippen molar-refractivity contribution >= 4 is 11.9 Å². The van der Waals surface area contributed by atoms with Crippen LogP contribution in [0.1, 0.15) is 25.7 Å². The molecule has 1 aliphatic heterocycles. The van der Waals surface area contributed by atoms with Gasteiger partial charge in [-0.25, -0.2) is 4.79 Å². The molecule has 0 aromatic heterocycles. The fourth-order valence-electron chi connectivity index (χ4n) is 2.56. The van der Waals surface area contributed by atoms with Crippen molar-refractivity contribution in [3.63, 3.8) is 0 Å². The number of carboxylic acid groups (broad SMARTS) is 1. The van der Waals surface area contributed by atoms with Crippen molar-refractivity contribution in [3.05, 3.63) is 0 Å². The molecule has 1 unspecified atom stereocenters. The monoisotopic (exact) mass is 242 g/mol. The van der Waals surface area contributed by atoms with E-state index in [1.807, 2.05) is 0 Å². The molecule has 1 saturated carbocycles. The van der Waals surface area contributed by atoms with Crippen LogP contribution in [0.2, 0.25) is 0 Å². The van der Waals surface area contributed by atoms with Gasteiger partial charge in [0.05, 0.1) is 18.8 Å². The van der Waals surface area contributed by atoms with Crippen molar-refractivity contribution in [2.24, 2.45) is 5.73 Å². The van der Waals surface area contributed by atoms with Crippen LogP contribution in [0.5, 0.6) is 0 Å². The number of nitrogens with zero attached hydrogens (tertiary/aromatic N) is 1. The maximum atomic E-state index is 12.3. The number of carbonyl (C=O) groups is 2. The largest absolute Gasteiger partial charge is 0.480 e. The summed E-state index contributed by atoms with van der Waals surface area (Å²) in [6.07, 6.45) is 3.17. The second-order valence-corrected chi connectivity index (χ2v) is 4.79. The smallest absolute Gasteiger partial charge is 0.328 e. The Bertz CT molecular complexity index is 325. The van der Waals surface area contributed by atoms with Crippen molar-refractivity contribution < 1.29 is 19.4 Å². The highest BCUT2D eigenvalue weighted by Gasteiger charge is 2.44. The number of rotatable bonds is 2. The Labute approximate surface area is 99.7 Å². The summed E-state index contributed by atoms with van der Waals surface area (Å²) in [6.45, 7) is 0.748. The fraction of sp³-hybridized carbons (Fsp3) is 0.818. The van der Waals surface area contributed by atoms with Gasteiger partial charge >= 0.3 is 5.97 Å². The average molecular weight is 242 g/mol. The van der Waals surface area contributed by atoms with Crippen LogP contribution in [-0.4, -0.2) is 53.2 Å². The number of amides is 1. The predicted octanol–water partition coefficient (Wildman–Crippen LogP) is -0.430. The van der Waals surface area contributed by atoms with Gasteiger partial charge in [0.1, 0.15) is 0 Å². The topological polar surface area (TPSA) is 92.9 Å². The molecule has 0 aromatic rings. The minimum atomic E-state index is -1.03. The summed E-state index contributed by atoms with van der Waals surface area (Å²) >= 11 is 0. The van der Waals surface area contributed by atoms with Gasteiger partial charge in [-0.3, -0.25) is 4.79 Å². The quantitative estimate of drug-likeness (QED) is 0.685. The molecular weight excluding hydrogens is 224 g/mol. The van der Waals surface area contributed by atoms with Gasteiger partial charge in [0, 0.05) is 6.54 Å². The van der Waals surface area contributed by atoms with Crippen LogP contribution in [0.3, 0.4) is 0 Å². The molecule has 17 heavy (non-hydrogen) atoms. The zero-order chi connectivity index (χ0) is 12.5. The van der Waals surface area contributed by atoms with Crippen molar-refractivity contribution in [1.29, 1.82) is 0 Å². The van der Waals surface area contributed by atoms with E-state index >= 15 is 0 Å². The maximum absolute atomic E-state index is 12.3. The van der Waals surface area contributed by atoms with E-state index in [0.717, 1.165) is 12.8 Å². The average Bonchev–Trinajstić information content (AvgIpc) is 2.76. The van der Waals surface area contributed by atoms with E-state index in [2.05, 4.69) is 0 Å². The molecule has 2 aliphatic rings. The second-order valence-electron chi connectivity index (χ2n) is 4.79. The number of morpholine rings is 1. The van der Waals surface area contributed by atoms with Gasteiger partial charge in [-0.05, 0) is 12.8 Å². The normalized spacial score (nSPS) is 28.1. The third-order valence-corrected chi connectivity index (χ3v) is 3.60. The molecule has 0 aromatic carbocycles. The summed E-state index contributed by atoms with van der Waals surface area (Å²) in [7, 11) is 0. The highest BCUT2D eigenvalue weighted by atomic mass is 16.5. The highest BCUT2D eigenvalue weighted by Crippen LogP contribution is 2.30. The van der Waals surface area contributed by atoms with Crippen LogP contribution >= 0.6 is 0 Å². The fourth-order valence-corrected chi connectivity index (χ4v) is 2.56. The number of carbonyl (C=O) groups excluding carboxylic acids is 1. The van der Waals surface area contributed by atoms with E-state index in [-0.39, 0.29) is 12.5 Å². The van der Waals surface area contributed by atoms with Crippen LogP contribution in [0.4, 0.5) is 0 Å². The zero-order valence-electron chi connectivity index (χ0n) is 9.72. The third-order valence-electron chi connectivity index (χ3n) is 3.60. The second kappa shape index (κ2) is 4.62. The SMILES string of the molecule is NC1(C(=O)N2CCOCC2C(=O)O)CCCC1. The standard InChI is InChI=1S/C11H18N2O4/c12-11(3-1-2-4-11)10(16)13-5-6-17-7-8(13)9(14)15/h8H,1-7,12H2,(H,14,15). The van der Waals surface area contributed by atoms with Crippen molar-refractivity contribution in [2.45, 2.75) is 37.3 Å². The van der Waals surface area contributed by atoms with Gasteiger partial charge in [0.25, 0.3) is 0 Å². The molecule has 1 amide bonds. The summed E-state index contributed by atoms with van der Waals surface area (Å²) < 4.78 is 5.10. The predicted molar refractivity (Wildman–Crippen MR) is 59.3 cm³/mol. The van der Waals surface area contributed by atoms with E-state index < -0.39 is 17.6 Å². The molecule has 1 saturated heterocycles. The van der Waals surface area contributed by atoms with Crippen LogP contribution in [0.25, 0.3) is 0 Å². The van der Waals surface area contributed by atoms with E-state index in [9.17, 15) is 9.59 Å². The van der Waals surface area contributed by atoms with Crippen LogP contribution < -0.4 is 5.73 Å². The first-order chi connectivity index (χ1) is 8.04. The number of ether oxygens (including phenoxy) is 1. The van der Waals surface area contributed by atoms with Crippen molar-refractivity contribution in [2.75, 3.05) is 19.8 Å². The lowest BCUT2D eigenvalue weighted by molar-refractivity contribution is -0.160. The van der Waals surface area contributed by atoms with Gasteiger partial charge in [0.2, 0.25) is 5.91 Å².